The van der Waals surface area contributed by atoms with Crippen molar-refractivity contribution in [1.82, 2.24) is 10.3 Å². The first-order chi connectivity index (χ1) is 10.1. The molecule has 0 atom stereocenters. The van der Waals surface area contributed by atoms with Crippen molar-refractivity contribution in [3.8, 4) is 0 Å². The number of aromatic amines is 1. The maximum absolute atomic E-state index is 12.3. The fourth-order valence-corrected chi connectivity index (χ4v) is 3.05. The van der Waals surface area contributed by atoms with Crippen molar-refractivity contribution in [2.75, 3.05) is 12.3 Å². The van der Waals surface area contributed by atoms with Crippen LogP contribution >= 0.6 is 0 Å². The van der Waals surface area contributed by atoms with Crippen LogP contribution in [0.4, 0.5) is 5.69 Å². The van der Waals surface area contributed by atoms with Crippen molar-refractivity contribution in [2.24, 2.45) is 0 Å². The fourth-order valence-electron chi connectivity index (χ4n) is 3.05. The maximum atomic E-state index is 12.3. The van der Waals surface area contributed by atoms with Gasteiger partial charge in [0.25, 0.3) is 5.91 Å². The van der Waals surface area contributed by atoms with E-state index in [9.17, 15) is 9.90 Å². The number of fused-ring (bicyclic) bond motifs is 1. The van der Waals surface area contributed by atoms with E-state index in [-0.39, 0.29) is 5.91 Å². The Morgan fingerprint density at radius 2 is 2.10 bits per heavy atom. The SMILES string of the molecule is Nc1ccc2[nH]cc(C(=O)NCC3(O)CCCCC3)c2c1. The molecule has 0 unspecified atom stereocenters. The van der Waals surface area contributed by atoms with Gasteiger partial charge in [-0.25, -0.2) is 0 Å². The van der Waals surface area contributed by atoms with Gasteiger partial charge in [0, 0.05) is 29.3 Å². The highest BCUT2D eigenvalue weighted by atomic mass is 16.3. The predicted molar refractivity (Wildman–Crippen MR) is 83.1 cm³/mol. The van der Waals surface area contributed by atoms with Crippen molar-refractivity contribution in [1.29, 1.82) is 0 Å². The molecule has 1 saturated carbocycles. The number of carbonyl (C=O) groups excluding carboxylic acids is 1. The third kappa shape index (κ3) is 2.88. The number of rotatable bonds is 3. The van der Waals surface area contributed by atoms with Crippen LogP contribution in [0.15, 0.2) is 24.4 Å². The molecular weight excluding hydrogens is 266 g/mol. The molecule has 0 saturated heterocycles. The molecule has 5 nitrogen and oxygen atoms in total. The smallest absolute Gasteiger partial charge is 0.253 e. The minimum atomic E-state index is -0.751. The monoisotopic (exact) mass is 287 g/mol. The summed E-state index contributed by atoms with van der Waals surface area (Å²) >= 11 is 0. The largest absolute Gasteiger partial charge is 0.399 e. The Kier molecular flexibility index (Phi) is 3.59. The number of hydrogen-bond donors (Lipinski definition) is 4. The third-order valence-corrected chi connectivity index (χ3v) is 4.31. The van der Waals surface area contributed by atoms with E-state index in [2.05, 4.69) is 10.3 Å². The molecular formula is C16H21N3O2. The van der Waals surface area contributed by atoms with E-state index in [1.54, 1.807) is 18.3 Å². The Labute approximate surface area is 123 Å². The number of H-pyrrole nitrogens is 1. The summed E-state index contributed by atoms with van der Waals surface area (Å²) in [7, 11) is 0. The van der Waals surface area contributed by atoms with Gasteiger partial charge in [-0.3, -0.25) is 4.79 Å². The van der Waals surface area contributed by atoms with Crippen LogP contribution in [0, 0.1) is 0 Å². The number of nitrogens with two attached hydrogens (primary N) is 1. The Bertz CT molecular complexity index is 657. The Hall–Kier alpha value is -2.01. The van der Waals surface area contributed by atoms with Crippen molar-refractivity contribution in [2.45, 2.75) is 37.7 Å². The number of aromatic nitrogens is 1. The molecule has 1 aromatic heterocycles. The molecule has 0 bridgehead atoms. The van der Waals surface area contributed by atoms with E-state index in [1.807, 2.05) is 6.07 Å². The molecule has 1 aromatic carbocycles. The van der Waals surface area contributed by atoms with Gasteiger partial charge in [0.1, 0.15) is 0 Å². The van der Waals surface area contributed by atoms with E-state index in [1.165, 1.54) is 0 Å². The summed E-state index contributed by atoms with van der Waals surface area (Å²) in [6.07, 6.45) is 6.41. The van der Waals surface area contributed by atoms with Gasteiger partial charge in [0.05, 0.1) is 11.2 Å². The summed E-state index contributed by atoms with van der Waals surface area (Å²) in [4.78, 5) is 15.4. The molecule has 112 valence electrons. The Morgan fingerprint density at radius 3 is 2.86 bits per heavy atom. The summed E-state index contributed by atoms with van der Waals surface area (Å²) in [6.45, 7) is 0.306. The summed E-state index contributed by atoms with van der Waals surface area (Å²) in [5.74, 6) is -0.175. The number of nitrogens with one attached hydrogen (secondary N) is 2. The molecule has 1 aliphatic rings. The lowest BCUT2D eigenvalue weighted by molar-refractivity contribution is 0.00527. The highest BCUT2D eigenvalue weighted by molar-refractivity contribution is 6.07. The van der Waals surface area contributed by atoms with Gasteiger partial charge in [-0.1, -0.05) is 19.3 Å². The second-order valence-electron chi connectivity index (χ2n) is 5.98. The van der Waals surface area contributed by atoms with Crippen molar-refractivity contribution in [3.63, 3.8) is 0 Å². The number of anilines is 1. The highest BCUT2D eigenvalue weighted by Gasteiger charge is 2.29. The molecule has 5 N–H and O–H groups in total. The van der Waals surface area contributed by atoms with Gasteiger partial charge < -0.3 is 21.1 Å². The zero-order chi connectivity index (χ0) is 14.9. The lowest BCUT2D eigenvalue weighted by Gasteiger charge is -2.32. The van der Waals surface area contributed by atoms with Crippen LogP contribution in [0.1, 0.15) is 42.5 Å². The fraction of sp³-hybridized carbons (Fsp3) is 0.438. The summed E-state index contributed by atoms with van der Waals surface area (Å²) < 4.78 is 0. The molecule has 5 heteroatoms. The van der Waals surface area contributed by atoms with E-state index in [0.29, 0.717) is 17.8 Å². The van der Waals surface area contributed by atoms with E-state index in [0.717, 1.165) is 43.0 Å². The predicted octanol–water partition coefficient (Wildman–Crippen LogP) is 2.18. The zero-order valence-electron chi connectivity index (χ0n) is 12.0. The van der Waals surface area contributed by atoms with Gasteiger partial charge in [-0.15, -0.1) is 0 Å². The quantitative estimate of drug-likeness (QED) is 0.652. The third-order valence-electron chi connectivity index (χ3n) is 4.31. The molecule has 0 spiro atoms. The van der Waals surface area contributed by atoms with Gasteiger partial charge in [-0.2, -0.15) is 0 Å². The van der Waals surface area contributed by atoms with Crippen molar-refractivity contribution >= 4 is 22.5 Å². The Morgan fingerprint density at radius 1 is 1.33 bits per heavy atom. The minimum absolute atomic E-state index is 0.175. The van der Waals surface area contributed by atoms with E-state index >= 15 is 0 Å². The minimum Gasteiger partial charge on any atom is -0.399 e. The van der Waals surface area contributed by atoms with Crippen LogP contribution in [-0.2, 0) is 0 Å². The number of amides is 1. The average molecular weight is 287 g/mol. The first kappa shape index (κ1) is 13.9. The lowest BCUT2D eigenvalue weighted by Crippen LogP contribution is -2.44. The lowest BCUT2D eigenvalue weighted by atomic mass is 9.85. The maximum Gasteiger partial charge on any atom is 0.253 e. The topological polar surface area (TPSA) is 91.1 Å². The van der Waals surface area contributed by atoms with Crippen molar-refractivity contribution < 1.29 is 9.90 Å². The molecule has 1 fully saturated rings. The first-order valence-electron chi connectivity index (χ1n) is 7.45. The molecule has 3 rings (SSSR count). The summed E-state index contributed by atoms with van der Waals surface area (Å²) in [6, 6.07) is 5.44. The van der Waals surface area contributed by atoms with Gasteiger partial charge >= 0.3 is 0 Å². The standard InChI is InChI=1S/C16H21N3O2/c17-11-4-5-14-12(8-11)13(9-18-14)15(20)19-10-16(21)6-2-1-3-7-16/h4-5,8-9,18,21H,1-3,6-7,10,17H2,(H,19,20). The second kappa shape index (κ2) is 5.41. The summed E-state index contributed by atoms with van der Waals surface area (Å²) in [5.41, 5.74) is 7.10. The van der Waals surface area contributed by atoms with Crippen LogP contribution < -0.4 is 11.1 Å². The van der Waals surface area contributed by atoms with Gasteiger partial charge in [0.2, 0.25) is 0 Å². The Balaban J connectivity index is 1.73. The number of carbonyl (C=O) groups is 1. The number of hydrogen-bond acceptors (Lipinski definition) is 3. The van der Waals surface area contributed by atoms with Gasteiger partial charge in [0.15, 0.2) is 0 Å². The highest BCUT2D eigenvalue weighted by Crippen LogP contribution is 2.27. The van der Waals surface area contributed by atoms with Crippen LogP contribution in [0.5, 0.6) is 0 Å². The molecule has 2 aromatic rings. The zero-order valence-corrected chi connectivity index (χ0v) is 12.0. The van der Waals surface area contributed by atoms with Crippen molar-refractivity contribution in [3.05, 3.63) is 30.0 Å². The molecule has 1 amide bonds. The average Bonchev–Trinajstić information content (AvgIpc) is 2.89. The van der Waals surface area contributed by atoms with Crippen LogP contribution in [0.2, 0.25) is 0 Å². The molecule has 0 aliphatic heterocycles. The molecule has 0 radical (unpaired) electrons. The van der Waals surface area contributed by atoms with Crippen LogP contribution in [-0.4, -0.2) is 28.1 Å². The summed E-state index contributed by atoms with van der Waals surface area (Å²) in [5, 5.41) is 14.1. The van der Waals surface area contributed by atoms with E-state index < -0.39 is 5.60 Å². The van der Waals surface area contributed by atoms with Gasteiger partial charge in [-0.05, 0) is 31.0 Å². The number of benzene rings is 1. The second-order valence-corrected chi connectivity index (χ2v) is 5.98. The number of nitrogen functional groups attached to an aromatic ring is 1. The molecule has 21 heavy (non-hydrogen) atoms. The van der Waals surface area contributed by atoms with Crippen LogP contribution in [0.25, 0.3) is 10.9 Å². The van der Waals surface area contributed by atoms with E-state index in [4.69, 9.17) is 5.73 Å². The molecule has 1 aliphatic carbocycles. The molecule has 1 heterocycles. The van der Waals surface area contributed by atoms with Crippen LogP contribution in [0.3, 0.4) is 0 Å². The normalized spacial score (nSPS) is 17.8. The number of aliphatic hydroxyl groups is 1. The first-order valence-corrected chi connectivity index (χ1v) is 7.45.